The number of fused-ring (bicyclic) bond motifs is 1. The molecule has 0 unspecified atom stereocenters. The van der Waals surface area contributed by atoms with Crippen LogP contribution in [0.25, 0.3) is 0 Å². The highest BCUT2D eigenvalue weighted by molar-refractivity contribution is 7.99. The molecule has 7 heteroatoms. The van der Waals surface area contributed by atoms with Gasteiger partial charge in [-0.15, -0.1) is 24.2 Å². The minimum absolute atomic E-state index is 0. The van der Waals surface area contributed by atoms with Crippen molar-refractivity contribution in [3.63, 3.8) is 0 Å². The molecule has 2 aliphatic heterocycles. The summed E-state index contributed by atoms with van der Waals surface area (Å²) in [6.07, 6.45) is 0. The number of rotatable bonds is 6. The Kier molecular flexibility index (Phi) is 7.48. The lowest BCUT2D eigenvalue weighted by atomic mass is 10.1. The van der Waals surface area contributed by atoms with E-state index < -0.39 is 0 Å². The number of halogens is 1. The van der Waals surface area contributed by atoms with Gasteiger partial charge < -0.3 is 14.4 Å². The highest BCUT2D eigenvalue weighted by Crippen LogP contribution is 2.32. The monoisotopic (exact) mass is 420 g/mol. The van der Waals surface area contributed by atoms with Crippen molar-refractivity contribution in [3.05, 3.63) is 59.7 Å². The molecule has 28 heavy (non-hydrogen) atoms. The maximum Gasteiger partial charge on any atom is 0.232 e. The van der Waals surface area contributed by atoms with E-state index in [-0.39, 0.29) is 18.3 Å². The van der Waals surface area contributed by atoms with E-state index >= 15 is 0 Å². The number of hydrogen-bond donors (Lipinski definition) is 0. The van der Waals surface area contributed by atoms with Gasteiger partial charge in [-0.1, -0.05) is 36.4 Å². The molecular weight excluding hydrogens is 396 g/mol. The summed E-state index contributed by atoms with van der Waals surface area (Å²) in [5.41, 5.74) is 2.49. The number of carbonyl (C=O) groups is 1. The van der Waals surface area contributed by atoms with Crippen LogP contribution in [0.3, 0.4) is 0 Å². The van der Waals surface area contributed by atoms with Crippen molar-refractivity contribution in [3.8, 4) is 11.5 Å². The fourth-order valence-electron chi connectivity index (χ4n) is 3.37. The molecule has 2 aliphatic rings. The van der Waals surface area contributed by atoms with Gasteiger partial charge >= 0.3 is 0 Å². The number of piperazine rings is 1. The molecule has 4 rings (SSSR count). The predicted molar refractivity (Wildman–Crippen MR) is 114 cm³/mol. The lowest BCUT2D eigenvalue weighted by Gasteiger charge is -2.34. The summed E-state index contributed by atoms with van der Waals surface area (Å²) in [5, 5.41) is 0. The maximum absolute atomic E-state index is 12.4. The average molecular weight is 421 g/mol. The summed E-state index contributed by atoms with van der Waals surface area (Å²) < 4.78 is 10.8. The van der Waals surface area contributed by atoms with Gasteiger partial charge in [0, 0.05) is 38.5 Å². The van der Waals surface area contributed by atoms with Gasteiger partial charge in [0.05, 0.1) is 5.75 Å². The molecule has 2 aromatic carbocycles. The van der Waals surface area contributed by atoms with Crippen LogP contribution in [0.4, 0.5) is 0 Å². The zero-order valence-corrected chi connectivity index (χ0v) is 17.3. The molecule has 1 saturated heterocycles. The lowest BCUT2D eigenvalue weighted by Crippen LogP contribution is -2.48. The van der Waals surface area contributed by atoms with Crippen molar-refractivity contribution < 1.29 is 14.3 Å². The van der Waals surface area contributed by atoms with E-state index in [0.717, 1.165) is 50.0 Å². The largest absolute Gasteiger partial charge is 0.454 e. The quantitative estimate of drug-likeness (QED) is 0.716. The minimum atomic E-state index is 0. The number of carbonyl (C=O) groups excluding carboxylic acids is 1. The Bertz CT molecular complexity index is 782. The molecule has 150 valence electrons. The Hall–Kier alpha value is -1.89. The van der Waals surface area contributed by atoms with Crippen LogP contribution in [0.15, 0.2) is 48.5 Å². The van der Waals surface area contributed by atoms with E-state index in [1.807, 2.05) is 29.2 Å². The van der Waals surface area contributed by atoms with E-state index in [4.69, 9.17) is 9.47 Å². The molecule has 0 radical (unpaired) electrons. The van der Waals surface area contributed by atoms with Gasteiger partial charge in [0.25, 0.3) is 0 Å². The summed E-state index contributed by atoms with van der Waals surface area (Å²) in [5.74, 6) is 3.34. The number of ether oxygens (including phenoxy) is 2. The standard InChI is InChI=1S/C21H24N2O3S.ClH/c24-21(15-27-14-17-4-2-1-3-5-17)23-10-8-22(9-11-23)13-18-6-7-19-20(12-18)26-16-25-19;/h1-7,12H,8-11,13-16H2;1H. The second kappa shape index (κ2) is 10.0. The number of thioether (sulfide) groups is 1. The molecule has 1 fully saturated rings. The maximum atomic E-state index is 12.4. The molecule has 0 N–H and O–H groups in total. The van der Waals surface area contributed by atoms with E-state index in [1.54, 1.807) is 11.8 Å². The van der Waals surface area contributed by atoms with Gasteiger partial charge in [0.15, 0.2) is 11.5 Å². The molecule has 2 aromatic rings. The molecule has 2 heterocycles. The van der Waals surface area contributed by atoms with Crippen LogP contribution in [-0.4, -0.2) is 54.4 Å². The fourth-order valence-corrected chi connectivity index (χ4v) is 4.26. The van der Waals surface area contributed by atoms with Crippen LogP contribution in [0.5, 0.6) is 11.5 Å². The average Bonchev–Trinajstić information content (AvgIpc) is 3.17. The number of amides is 1. The predicted octanol–water partition coefficient (Wildman–Crippen LogP) is 3.41. The molecule has 1 amide bonds. The van der Waals surface area contributed by atoms with Gasteiger partial charge in [0.1, 0.15) is 0 Å². The smallest absolute Gasteiger partial charge is 0.232 e. The van der Waals surface area contributed by atoms with Crippen molar-refractivity contribution >= 4 is 30.1 Å². The Morgan fingerprint density at radius 2 is 1.68 bits per heavy atom. The van der Waals surface area contributed by atoms with Crippen molar-refractivity contribution in [1.82, 2.24) is 9.80 Å². The first kappa shape index (κ1) is 20.8. The SMILES string of the molecule is Cl.O=C(CSCc1ccccc1)N1CCN(Cc2ccc3c(c2)OCO3)CC1. The van der Waals surface area contributed by atoms with Crippen molar-refractivity contribution in [2.45, 2.75) is 12.3 Å². The number of benzene rings is 2. The Labute approximate surface area is 176 Å². The summed E-state index contributed by atoms with van der Waals surface area (Å²) in [7, 11) is 0. The summed E-state index contributed by atoms with van der Waals surface area (Å²) in [6.45, 7) is 4.60. The first-order valence-corrected chi connectivity index (χ1v) is 10.4. The van der Waals surface area contributed by atoms with E-state index in [0.29, 0.717) is 12.5 Å². The molecule has 0 atom stereocenters. The molecule has 0 spiro atoms. The highest BCUT2D eigenvalue weighted by atomic mass is 35.5. The van der Waals surface area contributed by atoms with Crippen molar-refractivity contribution in [2.75, 3.05) is 38.7 Å². The third kappa shape index (κ3) is 5.34. The van der Waals surface area contributed by atoms with Crippen LogP contribution >= 0.6 is 24.2 Å². The van der Waals surface area contributed by atoms with Gasteiger partial charge in [-0.3, -0.25) is 9.69 Å². The normalized spacial score (nSPS) is 15.9. The second-order valence-corrected chi connectivity index (χ2v) is 7.81. The number of nitrogens with zero attached hydrogens (tertiary/aromatic N) is 2. The van der Waals surface area contributed by atoms with Crippen LogP contribution < -0.4 is 9.47 Å². The molecular formula is C21H25ClN2O3S. The van der Waals surface area contributed by atoms with Crippen LogP contribution in [0.1, 0.15) is 11.1 Å². The van der Waals surface area contributed by atoms with E-state index in [9.17, 15) is 4.79 Å². The zero-order valence-electron chi connectivity index (χ0n) is 15.7. The van der Waals surface area contributed by atoms with E-state index in [2.05, 4.69) is 29.2 Å². The van der Waals surface area contributed by atoms with Gasteiger partial charge in [0.2, 0.25) is 12.7 Å². The third-order valence-corrected chi connectivity index (χ3v) is 5.89. The zero-order chi connectivity index (χ0) is 18.5. The summed E-state index contributed by atoms with van der Waals surface area (Å²) in [4.78, 5) is 16.8. The van der Waals surface area contributed by atoms with E-state index in [1.165, 1.54) is 11.1 Å². The Morgan fingerprint density at radius 1 is 0.929 bits per heavy atom. The lowest BCUT2D eigenvalue weighted by molar-refractivity contribution is -0.130. The Balaban J connectivity index is 0.00000225. The third-order valence-electron chi connectivity index (χ3n) is 4.91. The van der Waals surface area contributed by atoms with Gasteiger partial charge in [-0.25, -0.2) is 0 Å². The highest BCUT2D eigenvalue weighted by Gasteiger charge is 2.21. The number of hydrogen-bond acceptors (Lipinski definition) is 5. The first-order chi connectivity index (χ1) is 13.3. The first-order valence-electron chi connectivity index (χ1n) is 9.28. The molecule has 0 bridgehead atoms. The minimum Gasteiger partial charge on any atom is -0.454 e. The van der Waals surface area contributed by atoms with Gasteiger partial charge in [-0.2, -0.15) is 0 Å². The molecule has 5 nitrogen and oxygen atoms in total. The Morgan fingerprint density at radius 3 is 2.46 bits per heavy atom. The molecule has 0 aliphatic carbocycles. The summed E-state index contributed by atoms with van der Waals surface area (Å²) >= 11 is 1.69. The summed E-state index contributed by atoms with van der Waals surface area (Å²) in [6, 6.07) is 16.4. The topological polar surface area (TPSA) is 42.0 Å². The molecule has 0 aromatic heterocycles. The second-order valence-electron chi connectivity index (χ2n) is 6.82. The van der Waals surface area contributed by atoms with Crippen molar-refractivity contribution in [2.24, 2.45) is 0 Å². The van der Waals surface area contributed by atoms with Crippen LogP contribution in [0.2, 0.25) is 0 Å². The van der Waals surface area contributed by atoms with Gasteiger partial charge in [-0.05, 0) is 23.3 Å². The van der Waals surface area contributed by atoms with Crippen molar-refractivity contribution in [1.29, 1.82) is 0 Å². The molecule has 0 saturated carbocycles. The van der Waals surface area contributed by atoms with Crippen LogP contribution in [-0.2, 0) is 17.1 Å². The van der Waals surface area contributed by atoms with Crippen LogP contribution in [0, 0.1) is 0 Å². The fraction of sp³-hybridized carbons (Fsp3) is 0.381.